The Balaban J connectivity index is 2.23. The SMILES string of the molecule is C=S(OCCOc1ccc(F)c(C2=C(F)C=CC(C)(C(=O)OC)C2)c1F)C(C)(C)C. The summed E-state index contributed by atoms with van der Waals surface area (Å²) in [4.78, 5) is 12.1. The Hall–Kier alpha value is -2.06. The van der Waals surface area contributed by atoms with Crippen LogP contribution in [-0.2, 0) is 13.7 Å². The monoisotopic (exact) mass is 444 g/mol. The van der Waals surface area contributed by atoms with Crippen LogP contribution in [0.3, 0.4) is 0 Å². The molecule has 30 heavy (non-hydrogen) atoms. The Morgan fingerprint density at radius 2 is 1.90 bits per heavy atom. The lowest BCUT2D eigenvalue weighted by molar-refractivity contribution is -0.148. The summed E-state index contributed by atoms with van der Waals surface area (Å²) < 4.78 is 59.6. The highest BCUT2D eigenvalue weighted by atomic mass is 32.2. The van der Waals surface area contributed by atoms with Crippen molar-refractivity contribution in [2.75, 3.05) is 20.3 Å². The number of hydrogen-bond acceptors (Lipinski definition) is 4. The molecule has 0 spiro atoms. The van der Waals surface area contributed by atoms with Crippen LogP contribution in [0, 0.1) is 17.0 Å². The van der Waals surface area contributed by atoms with Crippen LogP contribution in [0.4, 0.5) is 13.2 Å². The molecule has 0 amide bonds. The van der Waals surface area contributed by atoms with E-state index in [0.717, 1.165) is 18.2 Å². The van der Waals surface area contributed by atoms with Crippen LogP contribution in [0.5, 0.6) is 5.75 Å². The second kappa shape index (κ2) is 9.39. The fourth-order valence-electron chi connectivity index (χ4n) is 2.83. The van der Waals surface area contributed by atoms with Crippen molar-refractivity contribution in [1.29, 1.82) is 0 Å². The van der Waals surface area contributed by atoms with Gasteiger partial charge in [0.05, 0.1) is 24.7 Å². The first-order valence-electron chi connectivity index (χ1n) is 9.35. The van der Waals surface area contributed by atoms with Gasteiger partial charge in [-0.25, -0.2) is 13.2 Å². The minimum absolute atomic E-state index is 0.0123. The molecule has 0 fully saturated rings. The number of methoxy groups -OCH3 is 1. The van der Waals surface area contributed by atoms with Gasteiger partial charge >= 0.3 is 5.97 Å². The molecule has 2 rings (SSSR count). The molecule has 0 radical (unpaired) electrons. The topological polar surface area (TPSA) is 44.8 Å². The number of halogens is 3. The Morgan fingerprint density at radius 1 is 1.23 bits per heavy atom. The van der Waals surface area contributed by atoms with Crippen LogP contribution in [0.2, 0.25) is 0 Å². The van der Waals surface area contributed by atoms with Crippen molar-refractivity contribution in [3.8, 4) is 5.75 Å². The first kappa shape index (κ1) is 24.2. The Bertz CT molecular complexity index is 902. The molecule has 0 aromatic heterocycles. The molecular weight excluding hydrogens is 417 g/mol. The normalized spacial score (nSPS) is 20.3. The molecule has 1 aliphatic rings. The molecule has 0 saturated heterocycles. The zero-order valence-corrected chi connectivity index (χ0v) is 18.6. The largest absolute Gasteiger partial charge is 0.488 e. The van der Waals surface area contributed by atoms with Gasteiger partial charge < -0.3 is 13.7 Å². The van der Waals surface area contributed by atoms with E-state index in [1.54, 1.807) is 0 Å². The third-order valence-electron chi connectivity index (χ3n) is 4.69. The molecule has 0 bridgehead atoms. The number of benzene rings is 1. The summed E-state index contributed by atoms with van der Waals surface area (Å²) in [5.74, 6) is 0.273. The predicted molar refractivity (Wildman–Crippen MR) is 114 cm³/mol. The lowest BCUT2D eigenvalue weighted by atomic mass is 9.77. The molecule has 1 aromatic rings. The summed E-state index contributed by atoms with van der Waals surface area (Å²) >= 11 is 0. The third-order valence-corrected chi connectivity index (χ3v) is 6.51. The number of carbonyl (C=O) groups is 1. The minimum Gasteiger partial charge on any atom is -0.488 e. The van der Waals surface area contributed by atoms with Gasteiger partial charge in [-0.05, 0) is 58.2 Å². The van der Waals surface area contributed by atoms with Crippen LogP contribution in [0.15, 0.2) is 30.1 Å². The highest BCUT2D eigenvalue weighted by Crippen LogP contribution is 2.43. The van der Waals surface area contributed by atoms with E-state index < -0.39 is 45.2 Å². The zero-order valence-electron chi connectivity index (χ0n) is 17.8. The fourth-order valence-corrected chi connectivity index (χ4v) is 3.46. The van der Waals surface area contributed by atoms with Crippen molar-refractivity contribution in [3.63, 3.8) is 0 Å². The van der Waals surface area contributed by atoms with Gasteiger partial charge in [-0.15, -0.1) is 0 Å². The average molecular weight is 445 g/mol. The van der Waals surface area contributed by atoms with Gasteiger partial charge in [-0.1, -0.05) is 16.8 Å². The van der Waals surface area contributed by atoms with Crippen LogP contribution < -0.4 is 4.74 Å². The minimum atomic E-state index is -1.24. The number of ether oxygens (including phenoxy) is 2. The molecule has 166 valence electrons. The number of carbonyl (C=O) groups excluding carboxylic acids is 1. The van der Waals surface area contributed by atoms with Crippen molar-refractivity contribution < 1.29 is 31.6 Å². The molecule has 1 aromatic carbocycles. The van der Waals surface area contributed by atoms with Crippen LogP contribution >= 0.6 is 10.8 Å². The predicted octanol–water partition coefficient (Wildman–Crippen LogP) is 5.59. The standard InChI is InChI=1S/C22H27F3O4S/c1-21(2,3)30(6)29-12-11-28-17-8-7-16(24)18(19(17)25)14-13-22(4,20(26)27-5)10-9-15(14)23/h7-10H,6,11-13H2,1-5H3. The van der Waals surface area contributed by atoms with E-state index in [0.29, 0.717) is 0 Å². The van der Waals surface area contributed by atoms with Gasteiger partial charge in [0.1, 0.15) is 18.3 Å². The van der Waals surface area contributed by atoms with E-state index in [4.69, 9.17) is 13.7 Å². The first-order chi connectivity index (χ1) is 13.9. The molecule has 0 saturated carbocycles. The number of rotatable bonds is 7. The molecule has 0 heterocycles. The van der Waals surface area contributed by atoms with E-state index in [1.807, 2.05) is 20.8 Å². The van der Waals surface area contributed by atoms with Crippen LogP contribution in [-0.4, -0.2) is 36.9 Å². The van der Waals surface area contributed by atoms with Gasteiger partial charge in [0, 0.05) is 10.3 Å². The van der Waals surface area contributed by atoms with Crippen molar-refractivity contribution in [2.24, 2.45) is 5.41 Å². The van der Waals surface area contributed by atoms with E-state index >= 15 is 4.39 Å². The van der Waals surface area contributed by atoms with Crippen molar-refractivity contribution in [2.45, 2.75) is 38.9 Å². The highest BCUT2D eigenvalue weighted by Gasteiger charge is 2.38. The van der Waals surface area contributed by atoms with E-state index in [9.17, 15) is 13.6 Å². The molecule has 1 aliphatic carbocycles. The second-order valence-corrected chi connectivity index (χ2v) is 10.3. The Morgan fingerprint density at radius 3 is 2.50 bits per heavy atom. The van der Waals surface area contributed by atoms with Crippen molar-refractivity contribution in [3.05, 3.63) is 47.3 Å². The highest BCUT2D eigenvalue weighted by molar-refractivity contribution is 8.11. The van der Waals surface area contributed by atoms with E-state index in [1.165, 1.54) is 20.1 Å². The lowest BCUT2D eigenvalue weighted by Gasteiger charge is -2.28. The van der Waals surface area contributed by atoms with Crippen LogP contribution in [0.1, 0.15) is 39.7 Å². The molecule has 2 atom stereocenters. The third kappa shape index (κ3) is 5.35. The molecule has 2 unspecified atom stereocenters. The number of allylic oxidation sites excluding steroid dienone is 3. The maximum atomic E-state index is 15.0. The summed E-state index contributed by atoms with van der Waals surface area (Å²) in [5, 5.41) is 0. The van der Waals surface area contributed by atoms with Gasteiger partial charge in [-0.3, -0.25) is 4.79 Å². The maximum absolute atomic E-state index is 15.0. The summed E-state index contributed by atoms with van der Waals surface area (Å²) in [6.07, 6.45) is 2.10. The molecule has 0 aliphatic heterocycles. The Kier molecular flexibility index (Phi) is 7.58. The number of esters is 1. The summed E-state index contributed by atoms with van der Waals surface area (Å²) in [7, 11) is 0.625. The average Bonchev–Trinajstić information content (AvgIpc) is 2.67. The summed E-state index contributed by atoms with van der Waals surface area (Å²) in [6, 6.07) is 2.14. The van der Waals surface area contributed by atoms with Crippen molar-refractivity contribution in [1.82, 2.24) is 0 Å². The second-order valence-electron chi connectivity index (χ2n) is 8.11. The van der Waals surface area contributed by atoms with Gasteiger partial charge in [0.15, 0.2) is 11.6 Å². The zero-order chi connectivity index (χ0) is 22.7. The van der Waals surface area contributed by atoms with Gasteiger partial charge in [-0.2, -0.15) is 0 Å². The van der Waals surface area contributed by atoms with Crippen molar-refractivity contribution >= 4 is 28.2 Å². The molecule has 0 N–H and O–H groups in total. The first-order valence-corrected chi connectivity index (χ1v) is 10.7. The van der Waals surface area contributed by atoms with Gasteiger partial charge in [0.2, 0.25) is 0 Å². The van der Waals surface area contributed by atoms with E-state index in [2.05, 4.69) is 5.87 Å². The maximum Gasteiger partial charge on any atom is 0.315 e. The Labute approximate surface area is 177 Å². The van der Waals surface area contributed by atoms with Gasteiger partial charge in [0.25, 0.3) is 0 Å². The number of hydrogen-bond donors (Lipinski definition) is 0. The summed E-state index contributed by atoms with van der Waals surface area (Å²) in [5.41, 5.74) is -2.05. The van der Waals surface area contributed by atoms with Crippen LogP contribution in [0.25, 0.3) is 5.57 Å². The summed E-state index contributed by atoms with van der Waals surface area (Å²) in [6.45, 7) is 7.64. The quantitative estimate of drug-likeness (QED) is 0.312. The van der Waals surface area contributed by atoms with E-state index in [-0.39, 0.29) is 35.7 Å². The smallest absolute Gasteiger partial charge is 0.315 e. The molecule has 8 heteroatoms. The molecule has 4 nitrogen and oxygen atoms in total. The molecular formula is C22H27F3O4S. The lowest BCUT2D eigenvalue weighted by Crippen LogP contribution is -2.29. The fraction of sp³-hybridized carbons (Fsp3) is 0.455.